The van der Waals surface area contributed by atoms with Crippen LogP contribution in [0.15, 0.2) is 48.6 Å². The van der Waals surface area contributed by atoms with Crippen molar-refractivity contribution in [2.75, 3.05) is 0 Å². The molecule has 1 nitrogen and oxygen atoms in total. The molecule has 0 aliphatic rings. The van der Waals surface area contributed by atoms with Crippen LogP contribution in [0.5, 0.6) is 0 Å². The van der Waals surface area contributed by atoms with Gasteiger partial charge in [-0.2, -0.15) is 0 Å². The third-order valence-electron chi connectivity index (χ3n) is 1.39. The van der Waals surface area contributed by atoms with E-state index in [0.717, 1.165) is 11.8 Å². The number of benzene rings is 1. The Labute approximate surface area is 72.0 Å². The van der Waals surface area contributed by atoms with Crippen LogP contribution in [0.2, 0.25) is 0 Å². The molecule has 0 aliphatic heterocycles. The predicted octanol–water partition coefficient (Wildman–Crippen LogP) is 2.45. The Bertz CT molecular complexity index is 283. The van der Waals surface area contributed by atoms with Crippen molar-refractivity contribution in [3.8, 4) is 0 Å². The van der Waals surface area contributed by atoms with E-state index >= 15 is 0 Å². The van der Waals surface area contributed by atoms with E-state index in [0.29, 0.717) is 0 Å². The average Bonchev–Trinajstić information content (AvgIpc) is 2.14. The molecular formula is C11H10O. The maximum Gasteiger partial charge on any atom is 0.142 e. The smallest absolute Gasteiger partial charge is 0.142 e. The molecule has 1 aromatic rings. The Kier molecular flexibility index (Phi) is 3.58. The van der Waals surface area contributed by atoms with Crippen LogP contribution in [0.3, 0.4) is 0 Å². The zero-order valence-electron chi connectivity index (χ0n) is 6.68. The molecule has 0 aliphatic carbocycles. The minimum absolute atomic E-state index is 0.759. The van der Waals surface area contributed by atoms with E-state index in [4.69, 9.17) is 0 Å². The van der Waals surface area contributed by atoms with Crippen LogP contribution < -0.4 is 0 Å². The summed E-state index contributed by atoms with van der Waals surface area (Å²) >= 11 is 0. The molecule has 0 aromatic heterocycles. The molecule has 0 unspecified atom stereocenters. The van der Waals surface area contributed by atoms with Gasteiger partial charge in [0, 0.05) is 0 Å². The number of hydrogen-bond donors (Lipinski definition) is 0. The molecule has 0 N–H and O–H groups in total. The van der Waals surface area contributed by atoms with Crippen molar-refractivity contribution in [2.45, 2.75) is 0 Å². The monoisotopic (exact) mass is 158 g/mol. The molecule has 12 heavy (non-hydrogen) atoms. The van der Waals surface area contributed by atoms with Gasteiger partial charge in [0.15, 0.2) is 0 Å². The van der Waals surface area contributed by atoms with Crippen LogP contribution in [0.25, 0.3) is 6.08 Å². The average molecular weight is 158 g/mol. The minimum atomic E-state index is 0.759. The lowest BCUT2D eigenvalue weighted by Gasteiger charge is -1.87. The van der Waals surface area contributed by atoms with Gasteiger partial charge in [-0.25, -0.2) is 0 Å². The standard InChI is InChI=1S/C11H10O/c12-10-6-2-5-9-11-7-3-1-4-8-11/h1-10H. The Morgan fingerprint density at radius 2 is 1.67 bits per heavy atom. The number of allylic oxidation sites excluding steroid dienone is 3. The first-order valence-electron chi connectivity index (χ1n) is 3.77. The van der Waals surface area contributed by atoms with Gasteiger partial charge in [-0.3, -0.25) is 4.79 Å². The number of rotatable bonds is 3. The Morgan fingerprint density at radius 3 is 2.33 bits per heavy atom. The third-order valence-corrected chi connectivity index (χ3v) is 1.39. The topological polar surface area (TPSA) is 17.1 Å². The van der Waals surface area contributed by atoms with E-state index in [9.17, 15) is 4.79 Å². The Balaban J connectivity index is 2.58. The van der Waals surface area contributed by atoms with Crippen LogP contribution in [-0.2, 0) is 4.79 Å². The highest BCUT2D eigenvalue weighted by molar-refractivity contribution is 5.66. The molecule has 1 heteroatoms. The van der Waals surface area contributed by atoms with Crippen molar-refractivity contribution >= 4 is 12.4 Å². The van der Waals surface area contributed by atoms with Gasteiger partial charge in [0.1, 0.15) is 6.29 Å². The van der Waals surface area contributed by atoms with Crippen molar-refractivity contribution in [3.63, 3.8) is 0 Å². The van der Waals surface area contributed by atoms with E-state index in [1.54, 1.807) is 6.08 Å². The predicted molar refractivity (Wildman–Crippen MR) is 50.7 cm³/mol. The molecule has 0 bridgehead atoms. The molecule has 60 valence electrons. The van der Waals surface area contributed by atoms with Crippen LogP contribution in [0.1, 0.15) is 5.56 Å². The summed E-state index contributed by atoms with van der Waals surface area (Å²) in [5.41, 5.74) is 1.13. The van der Waals surface area contributed by atoms with Crippen LogP contribution >= 0.6 is 0 Å². The second kappa shape index (κ2) is 5.08. The Morgan fingerprint density at radius 1 is 0.917 bits per heavy atom. The summed E-state index contributed by atoms with van der Waals surface area (Å²) in [6, 6.07) is 9.93. The van der Waals surface area contributed by atoms with Crippen LogP contribution in [0, 0.1) is 0 Å². The molecule has 0 spiro atoms. The summed E-state index contributed by atoms with van der Waals surface area (Å²) in [7, 11) is 0. The summed E-state index contributed by atoms with van der Waals surface area (Å²) in [5.74, 6) is 0. The van der Waals surface area contributed by atoms with Gasteiger partial charge >= 0.3 is 0 Å². The fourth-order valence-electron chi connectivity index (χ4n) is 0.840. The third kappa shape index (κ3) is 2.97. The summed E-state index contributed by atoms with van der Waals surface area (Å²) in [4.78, 5) is 9.90. The molecule has 1 aromatic carbocycles. The molecule has 0 saturated heterocycles. The highest BCUT2D eigenvalue weighted by Crippen LogP contribution is 2.00. The number of carbonyl (C=O) groups is 1. The van der Waals surface area contributed by atoms with E-state index < -0.39 is 0 Å². The van der Waals surface area contributed by atoms with E-state index in [-0.39, 0.29) is 0 Å². The number of hydrogen-bond acceptors (Lipinski definition) is 1. The maximum atomic E-state index is 9.90. The maximum absolute atomic E-state index is 9.90. The zero-order chi connectivity index (χ0) is 8.65. The van der Waals surface area contributed by atoms with E-state index in [2.05, 4.69) is 0 Å². The first kappa shape index (κ1) is 8.47. The van der Waals surface area contributed by atoms with Crippen molar-refractivity contribution in [2.24, 2.45) is 0 Å². The highest BCUT2D eigenvalue weighted by Gasteiger charge is 1.78. The Hall–Kier alpha value is -1.63. The summed E-state index contributed by atoms with van der Waals surface area (Å²) < 4.78 is 0. The van der Waals surface area contributed by atoms with Gasteiger partial charge in [-0.1, -0.05) is 48.6 Å². The molecule has 1 rings (SSSR count). The lowest BCUT2D eigenvalue weighted by Crippen LogP contribution is -1.66. The van der Waals surface area contributed by atoms with Crippen LogP contribution in [-0.4, -0.2) is 6.29 Å². The quantitative estimate of drug-likeness (QED) is 0.375. The van der Waals surface area contributed by atoms with Crippen molar-refractivity contribution in [3.05, 3.63) is 54.1 Å². The van der Waals surface area contributed by atoms with Crippen molar-refractivity contribution in [1.82, 2.24) is 0 Å². The minimum Gasteiger partial charge on any atom is -0.299 e. The summed E-state index contributed by atoms with van der Waals surface area (Å²) in [6.07, 6.45) is 7.71. The second-order valence-electron chi connectivity index (χ2n) is 2.29. The van der Waals surface area contributed by atoms with Crippen LogP contribution in [0.4, 0.5) is 0 Å². The lowest BCUT2D eigenvalue weighted by atomic mass is 10.2. The fraction of sp³-hybridized carbons (Fsp3) is 0. The molecular weight excluding hydrogens is 148 g/mol. The lowest BCUT2D eigenvalue weighted by molar-refractivity contribution is -0.104. The summed E-state index contributed by atoms with van der Waals surface area (Å²) in [6.45, 7) is 0. The number of carbonyl (C=O) groups excluding carboxylic acids is 1. The number of aldehydes is 1. The normalized spacial score (nSPS) is 11.0. The SMILES string of the molecule is O=CC=CC=Cc1ccccc1. The summed E-state index contributed by atoms with van der Waals surface area (Å²) in [5, 5.41) is 0. The van der Waals surface area contributed by atoms with E-state index in [1.165, 1.54) is 6.08 Å². The molecule has 0 atom stereocenters. The zero-order valence-corrected chi connectivity index (χ0v) is 6.68. The first-order valence-corrected chi connectivity index (χ1v) is 3.77. The molecule has 0 amide bonds. The van der Waals surface area contributed by atoms with Gasteiger partial charge in [0.25, 0.3) is 0 Å². The second-order valence-corrected chi connectivity index (χ2v) is 2.29. The van der Waals surface area contributed by atoms with Gasteiger partial charge in [-0.15, -0.1) is 0 Å². The first-order chi connectivity index (χ1) is 5.93. The molecule has 0 heterocycles. The molecule has 0 radical (unpaired) electrons. The van der Waals surface area contributed by atoms with Crippen molar-refractivity contribution < 1.29 is 4.79 Å². The largest absolute Gasteiger partial charge is 0.299 e. The van der Waals surface area contributed by atoms with Crippen molar-refractivity contribution in [1.29, 1.82) is 0 Å². The van der Waals surface area contributed by atoms with Gasteiger partial charge in [0.2, 0.25) is 0 Å². The van der Waals surface area contributed by atoms with Gasteiger partial charge in [0.05, 0.1) is 0 Å². The fourth-order valence-corrected chi connectivity index (χ4v) is 0.840. The molecule has 0 fully saturated rings. The van der Waals surface area contributed by atoms with Gasteiger partial charge < -0.3 is 0 Å². The molecule has 0 saturated carbocycles. The van der Waals surface area contributed by atoms with E-state index in [1.807, 2.05) is 42.5 Å². The van der Waals surface area contributed by atoms with Gasteiger partial charge in [-0.05, 0) is 11.6 Å². The highest BCUT2D eigenvalue weighted by atomic mass is 16.1.